The Bertz CT molecular complexity index is 1200. The largest absolute Gasteiger partial charge is 0.484 e. The van der Waals surface area contributed by atoms with Gasteiger partial charge in [0.25, 0.3) is 5.91 Å². The number of nitrogens with zero attached hydrogens (tertiary/aromatic N) is 3. The van der Waals surface area contributed by atoms with Crippen LogP contribution >= 0.6 is 15.9 Å². The number of carbonyl (C=O) groups excluding carboxylic acids is 1. The molecule has 0 bridgehead atoms. The Kier molecular flexibility index (Phi) is 4.90. The average molecular weight is 441 g/mol. The maximum absolute atomic E-state index is 12.4. The van der Waals surface area contributed by atoms with Crippen molar-refractivity contribution >= 4 is 38.5 Å². The van der Waals surface area contributed by atoms with Crippen LogP contribution in [0, 0.1) is 0 Å². The standard InChI is InChI=1S/C19H13BrN4O4/c20-13-3-5-16(24-11-21-10-22-24)15(7-13)23-18(25)9-27-14-4-1-12-2-6-19(26)28-17(12)8-14/h1-8,10-11H,9H2,(H,23,25). The summed E-state index contributed by atoms with van der Waals surface area (Å²) in [7, 11) is 0. The summed E-state index contributed by atoms with van der Waals surface area (Å²) < 4.78 is 13.0. The molecule has 1 amide bonds. The summed E-state index contributed by atoms with van der Waals surface area (Å²) in [6.07, 6.45) is 2.95. The van der Waals surface area contributed by atoms with Gasteiger partial charge in [0.15, 0.2) is 6.61 Å². The van der Waals surface area contributed by atoms with Crippen molar-refractivity contribution in [3.05, 3.63) is 76.1 Å². The van der Waals surface area contributed by atoms with Crippen molar-refractivity contribution in [2.75, 3.05) is 11.9 Å². The number of hydrogen-bond donors (Lipinski definition) is 1. The van der Waals surface area contributed by atoms with Gasteiger partial charge in [0.2, 0.25) is 0 Å². The second kappa shape index (κ2) is 7.65. The number of rotatable bonds is 5. The number of ether oxygens (including phenoxy) is 1. The van der Waals surface area contributed by atoms with Crippen LogP contribution in [0.2, 0.25) is 0 Å². The van der Waals surface area contributed by atoms with Crippen LogP contribution in [0.3, 0.4) is 0 Å². The third kappa shape index (κ3) is 3.94. The van der Waals surface area contributed by atoms with E-state index in [1.165, 1.54) is 18.7 Å². The Morgan fingerprint density at radius 1 is 1.18 bits per heavy atom. The van der Waals surface area contributed by atoms with E-state index in [1.54, 1.807) is 41.1 Å². The van der Waals surface area contributed by atoms with E-state index < -0.39 is 5.63 Å². The lowest BCUT2D eigenvalue weighted by molar-refractivity contribution is -0.118. The Morgan fingerprint density at radius 2 is 2.04 bits per heavy atom. The molecule has 1 N–H and O–H groups in total. The monoisotopic (exact) mass is 440 g/mol. The molecule has 2 aromatic carbocycles. The second-order valence-corrected chi connectivity index (χ2v) is 6.71. The van der Waals surface area contributed by atoms with Gasteiger partial charge in [0.05, 0.1) is 11.4 Å². The first-order chi connectivity index (χ1) is 13.6. The third-order valence-electron chi connectivity index (χ3n) is 3.86. The number of nitrogens with one attached hydrogen (secondary N) is 1. The lowest BCUT2D eigenvalue weighted by Gasteiger charge is -2.12. The van der Waals surface area contributed by atoms with Crippen LogP contribution in [0.1, 0.15) is 0 Å². The molecular weight excluding hydrogens is 428 g/mol. The SMILES string of the molecule is O=C(COc1ccc2ccc(=O)oc2c1)Nc1cc(Br)ccc1-n1cncn1. The molecule has 0 aliphatic carbocycles. The molecule has 0 unspecified atom stereocenters. The lowest BCUT2D eigenvalue weighted by Crippen LogP contribution is -2.21. The van der Waals surface area contributed by atoms with E-state index in [-0.39, 0.29) is 12.5 Å². The third-order valence-corrected chi connectivity index (χ3v) is 4.36. The van der Waals surface area contributed by atoms with E-state index >= 15 is 0 Å². The van der Waals surface area contributed by atoms with Crippen LogP contribution in [0.4, 0.5) is 5.69 Å². The van der Waals surface area contributed by atoms with Gasteiger partial charge in [-0.05, 0) is 36.4 Å². The van der Waals surface area contributed by atoms with E-state index in [0.717, 1.165) is 9.86 Å². The van der Waals surface area contributed by atoms with Crippen LogP contribution in [-0.2, 0) is 4.79 Å². The van der Waals surface area contributed by atoms with Gasteiger partial charge >= 0.3 is 5.63 Å². The van der Waals surface area contributed by atoms with E-state index in [0.29, 0.717) is 22.7 Å². The van der Waals surface area contributed by atoms with Crippen molar-refractivity contribution < 1.29 is 13.9 Å². The smallest absolute Gasteiger partial charge is 0.336 e. The van der Waals surface area contributed by atoms with Gasteiger partial charge in [-0.3, -0.25) is 4.79 Å². The zero-order chi connectivity index (χ0) is 19.5. The molecule has 4 aromatic rings. The Morgan fingerprint density at radius 3 is 2.86 bits per heavy atom. The second-order valence-electron chi connectivity index (χ2n) is 5.79. The van der Waals surface area contributed by atoms with Crippen molar-refractivity contribution in [2.24, 2.45) is 0 Å². The summed E-state index contributed by atoms with van der Waals surface area (Å²) in [6.45, 7) is -0.216. The minimum Gasteiger partial charge on any atom is -0.484 e. The molecule has 2 aromatic heterocycles. The highest BCUT2D eigenvalue weighted by atomic mass is 79.9. The average Bonchev–Trinajstić information content (AvgIpc) is 3.20. The van der Waals surface area contributed by atoms with Gasteiger partial charge in [-0.2, -0.15) is 5.10 Å². The predicted octanol–water partition coefficient (Wildman–Crippen LogP) is 3.15. The summed E-state index contributed by atoms with van der Waals surface area (Å²) in [5.41, 5.74) is 1.17. The van der Waals surface area contributed by atoms with Gasteiger partial charge in [0.1, 0.15) is 24.0 Å². The van der Waals surface area contributed by atoms with Crippen LogP contribution in [-0.4, -0.2) is 27.3 Å². The molecule has 4 rings (SSSR count). The highest BCUT2D eigenvalue weighted by Gasteiger charge is 2.11. The molecule has 28 heavy (non-hydrogen) atoms. The van der Waals surface area contributed by atoms with Crippen molar-refractivity contribution in [3.8, 4) is 11.4 Å². The number of hydrogen-bond acceptors (Lipinski definition) is 6. The summed E-state index contributed by atoms with van der Waals surface area (Å²) in [4.78, 5) is 27.6. The number of aromatic nitrogens is 3. The quantitative estimate of drug-likeness (QED) is 0.478. The summed E-state index contributed by atoms with van der Waals surface area (Å²) in [5.74, 6) is 0.0665. The zero-order valence-corrected chi connectivity index (χ0v) is 15.9. The molecule has 0 fully saturated rings. The Hall–Kier alpha value is -3.46. The molecule has 9 heteroatoms. The van der Waals surface area contributed by atoms with Gasteiger partial charge in [-0.15, -0.1) is 0 Å². The maximum Gasteiger partial charge on any atom is 0.336 e. The predicted molar refractivity (Wildman–Crippen MR) is 106 cm³/mol. The van der Waals surface area contributed by atoms with E-state index in [1.807, 2.05) is 6.07 Å². The molecule has 0 saturated carbocycles. The van der Waals surface area contributed by atoms with E-state index in [4.69, 9.17) is 9.15 Å². The topological polar surface area (TPSA) is 99.2 Å². The molecule has 8 nitrogen and oxygen atoms in total. The number of fused-ring (bicyclic) bond motifs is 1. The lowest BCUT2D eigenvalue weighted by atomic mass is 10.2. The number of amides is 1. The Labute approximate surface area is 166 Å². The molecule has 0 spiro atoms. The number of halogens is 1. The van der Waals surface area contributed by atoms with E-state index in [2.05, 4.69) is 31.3 Å². The number of benzene rings is 2. The maximum atomic E-state index is 12.4. The first-order valence-electron chi connectivity index (χ1n) is 8.19. The van der Waals surface area contributed by atoms with Crippen molar-refractivity contribution in [1.82, 2.24) is 14.8 Å². The fourth-order valence-corrected chi connectivity index (χ4v) is 2.97. The van der Waals surface area contributed by atoms with Crippen LogP contribution in [0.5, 0.6) is 5.75 Å². The summed E-state index contributed by atoms with van der Waals surface area (Å²) in [6, 6.07) is 13.5. The molecule has 0 saturated heterocycles. The normalized spacial score (nSPS) is 10.8. The number of anilines is 1. The molecule has 0 aliphatic heterocycles. The van der Waals surface area contributed by atoms with Gasteiger partial charge < -0.3 is 14.5 Å². The van der Waals surface area contributed by atoms with Crippen LogP contribution < -0.4 is 15.7 Å². The molecule has 0 radical (unpaired) electrons. The van der Waals surface area contributed by atoms with Gasteiger partial charge in [-0.25, -0.2) is 14.5 Å². The first-order valence-corrected chi connectivity index (χ1v) is 8.99. The molecule has 2 heterocycles. The molecule has 0 atom stereocenters. The van der Waals surface area contributed by atoms with Crippen molar-refractivity contribution in [1.29, 1.82) is 0 Å². The van der Waals surface area contributed by atoms with Crippen molar-refractivity contribution in [2.45, 2.75) is 0 Å². The Balaban J connectivity index is 1.48. The summed E-state index contributed by atoms with van der Waals surface area (Å²) in [5, 5.41) is 7.65. The fraction of sp³-hybridized carbons (Fsp3) is 0.0526. The number of carbonyl (C=O) groups is 1. The summed E-state index contributed by atoms with van der Waals surface area (Å²) >= 11 is 3.39. The minimum absolute atomic E-state index is 0.216. The highest BCUT2D eigenvalue weighted by Crippen LogP contribution is 2.24. The van der Waals surface area contributed by atoms with Gasteiger partial charge in [0, 0.05) is 22.0 Å². The first kappa shape index (κ1) is 17.9. The van der Waals surface area contributed by atoms with Gasteiger partial charge in [-0.1, -0.05) is 15.9 Å². The van der Waals surface area contributed by atoms with Crippen molar-refractivity contribution in [3.63, 3.8) is 0 Å². The molecule has 0 aliphatic rings. The van der Waals surface area contributed by atoms with Crippen LogP contribution in [0.15, 0.2) is 74.9 Å². The molecular formula is C19H13BrN4O4. The van der Waals surface area contributed by atoms with Crippen LogP contribution in [0.25, 0.3) is 16.7 Å². The fourth-order valence-electron chi connectivity index (χ4n) is 2.61. The highest BCUT2D eigenvalue weighted by molar-refractivity contribution is 9.10. The zero-order valence-electron chi connectivity index (χ0n) is 14.3. The molecule has 140 valence electrons. The van der Waals surface area contributed by atoms with E-state index in [9.17, 15) is 9.59 Å². The minimum atomic E-state index is -0.447.